The lowest BCUT2D eigenvalue weighted by Gasteiger charge is -2.06. The molecule has 2 aromatic heterocycles. The lowest BCUT2D eigenvalue weighted by Crippen LogP contribution is -2.31. The van der Waals surface area contributed by atoms with Gasteiger partial charge in [0.2, 0.25) is 5.91 Å². The first-order chi connectivity index (χ1) is 9.04. The van der Waals surface area contributed by atoms with Crippen molar-refractivity contribution < 1.29 is 4.79 Å². The number of carbonyl (C=O) groups excluding carboxylic acids is 1. The van der Waals surface area contributed by atoms with Crippen molar-refractivity contribution in [2.75, 3.05) is 12.3 Å². The zero-order chi connectivity index (χ0) is 13.8. The summed E-state index contributed by atoms with van der Waals surface area (Å²) in [4.78, 5) is 11.7. The second-order valence-electron chi connectivity index (χ2n) is 4.44. The number of nitrogens with one attached hydrogen (secondary N) is 1. The quantitative estimate of drug-likeness (QED) is 0.799. The second kappa shape index (κ2) is 5.55. The summed E-state index contributed by atoms with van der Waals surface area (Å²) in [5.74, 6) is 0.340. The Balaban J connectivity index is 1.77. The maximum Gasteiger partial charge on any atom is 0.241 e. The predicted octanol–water partition coefficient (Wildman–Crippen LogP) is 0.0950. The normalized spacial score (nSPS) is 10.6. The fourth-order valence-corrected chi connectivity index (χ4v) is 1.79. The van der Waals surface area contributed by atoms with Crippen LogP contribution in [0.4, 0.5) is 5.82 Å². The van der Waals surface area contributed by atoms with Gasteiger partial charge < -0.3 is 11.1 Å². The molecule has 2 heterocycles. The Labute approximate surface area is 111 Å². The molecule has 2 aromatic rings. The SMILES string of the molecule is Cc1ccn(CCNC(=O)Cn2nc(N)cc2C)n1. The van der Waals surface area contributed by atoms with Crippen molar-refractivity contribution in [1.29, 1.82) is 0 Å². The fourth-order valence-electron chi connectivity index (χ4n) is 1.79. The molecule has 7 heteroatoms. The molecule has 0 saturated heterocycles. The molecular weight excluding hydrogens is 244 g/mol. The molecule has 2 rings (SSSR count). The highest BCUT2D eigenvalue weighted by molar-refractivity contribution is 5.75. The number of nitrogen functional groups attached to an aromatic ring is 1. The number of amides is 1. The molecule has 0 radical (unpaired) electrons. The summed E-state index contributed by atoms with van der Waals surface area (Å²) in [7, 11) is 0. The van der Waals surface area contributed by atoms with E-state index in [0.29, 0.717) is 18.9 Å². The van der Waals surface area contributed by atoms with Crippen molar-refractivity contribution in [3.05, 3.63) is 29.7 Å². The summed E-state index contributed by atoms with van der Waals surface area (Å²) in [5, 5.41) is 11.1. The number of aromatic nitrogens is 4. The molecule has 0 unspecified atom stereocenters. The zero-order valence-corrected chi connectivity index (χ0v) is 11.1. The van der Waals surface area contributed by atoms with Crippen LogP contribution < -0.4 is 11.1 Å². The molecule has 0 bridgehead atoms. The van der Waals surface area contributed by atoms with Gasteiger partial charge in [0.15, 0.2) is 0 Å². The molecule has 3 N–H and O–H groups in total. The smallest absolute Gasteiger partial charge is 0.241 e. The molecule has 0 atom stereocenters. The lowest BCUT2D eigenvalue weighted by atomic mass is 10.4. The highest BCUT2D eigenvalue weighted by Gasteiger charge is 2.06. The van der Waals surface area contributed by atoms with Gasteiger partial charge in [-0.15, -0.1) is 0 Å². The number of rotatable bonds is 5. The Bertz CT molecular complexity index is 571. The van der Waals surface area contributed by atoms with E-state index in [-0.39, 0.29) is 12.5 Å². The second-order valence-corrected chi connectivity index (χ2v) is 4.44. The Hall–Kier alpha value is -2.31. The van der Waals surface area contributed by atoms with E-state index < -0.39 is 0 Å². The lowest BCUT2D eigenvalue weighted by molar-refractivity contribution is -0.121. The summed E-state index contributed by atoms with van der Waals surface area (Å²) in [5.41, 5.74) is 7.40. The van der Waals surface area contributed by atoms with Crippen molar-refractivity contribution in [2.45, 2.75) is 26.9 Å². The summed E-state index contributed by atoms with van der Waals surface area (Å²) in [6.45, 7) is 5.17. The number of hydrogen-bond donors (Lipinski definition) is 2. The molecule has 0 spiro atoms. The Morgan fingerprint density at radius 3 is 2.79 bits per heavy atom. The van der Waals surface area contributed by atoms with Gasteiger partial charge in [0.05, 0.1) is 12.2 Å². The number of aryl methyl sites for hydroxylation is 2. The van der Waals surface area contributed by atoms with Crippen LogP contribution in [-0.4, -0.2) is 32.0 Å². The maximum atomic E-state index is 11.7. The molecule has 1 amide bonds. The van der Waals surface area contributed by atoms with Gasteiger partial charge in [-0.1, -0.05) is 0 Å². The standard InChI is InChI=1S/C12H18N6O/c1-9-3-5-17(15-9)6-4-14-12(19)8-18-10(2)7-11(13)16-18/h3,5,7H,4,6,8H2,1-2H3,(H2,13,16)(H,14,19). The molecule has 19 heavy (non-hydrogen) atoms. The van der Waals surface area contributed by atoms with E-state index in [9.17, 15) is 4.79 Å². The molecule has 0 aliphatic rings. The van der Waals surface area contributed by atoms with Crippen LogP contribution in [0.3, 0.4) is 0 Å². The molecule has 0 aliphatic heterocycles. The number of carbonyl (C=O) groups is 1. The summed E-state index contributed by atoms with van der Waals surface area (Å²) in [6.07, 6.45) is 1.89. The third-order valence-corrected chi connectivity index (χ3v) is 2.73. The minimum atomic E-state index is -0.0879. The van der Waals surface area contributed by atoms with E-state index in [1.807, 2.05) is 26.1 Å². The molecule has 0 aromatic carbocycles. The molecule has 0 aliphatic carbocycles. The van der Waals surface area contributed by atoms with E-state index in [0.717, 1.165) is 11.4 Å². The van der Waals surface area contributed by atoms with Gasteiger partial charge in [0.25, 0.3) is 0 Å². The van der Waals surface area contributed by atoms with Crippen LogP contribution in [0, 0.1) is 13.8 Å². The largest absolute Gasteiger partial charge is 0.382 e. The maximum absolute atomic E-state index is 11.7. The van der Waals surface area contributed by atoms with Crippen molar-refractivity contribution in [3.63, 3.8) is 0 Å². The Morgan fingerprint density at radius 1 is 1.42 bits per heavy atom. The van der Waals surface area contributed by atoms with Gasteiger partial charge >= 0.3 is 0 Å². The van der Waals surface area contributed by atoms with Crippen molar-refractivity contribution in [3.8, 4) is 0 Å². The van der Waals surface area contributed by atoms with Gasteiger partial charge in [-0.05, 0) is 19.9 Å². The molecule has 7 nitrogen and oxygen atoms in total. The van der Waals surface area contributed by atoms with E-state index in [2.05, 4.69) is 15.5 Å². The van der Waals surface area contributed by atoms with Crippen LogP contribution in [-0.2, 0) is 17.9 Å². The number of hydrogen-bond acceptors (Lipinski definition) is 4. The third kappa shape index (κ3) is 3.57. The molecule has 102 valence electrons. The van der Waals surface area contributed by atoms with Crippen LogP contribution in [0.2, 0.25) is 0 Å². The molecule has 0 fully saturated rings. The van der Waals surface area contributed by atoms with Gasteiger partial charge in [-0.3, -0.25) is 14.2 Å². The van der Waals surface area contributed by atoms with E-state index in [1.54, 1.807) is 15.4 Å². The van der Waals surface area contributed by atoms with E-state index in [4.69, 9.17) is 5.73 Å². The summed E-state index contributed by atoms with van der Waals surface area (Å²) >= 11 is 0. The predicted molar refractivity (Wildman–Crippen MR) is 71.4 cm³/mol. The average molecular weight is 262 g/mol. The van der Waals surface area contributed by atoms with Crippen LogP contribution in [0.15, 0.2) is 18.3 Å². The Morgan fingerprint density at radius 2 is 2.21 bits per heavy atom. The van der Waals surface area contributed by atoms with Crippen LogP contribution in [0.25, 0.3) is 0 Å². The first-order valence-electron chi connectivity index (χ1n) is 6.11. The summed E-state index contributed by atoms with van der Waals surface area (Å²) < 4.78 is 3.38. The van der Waals surface area contributed by atoms with Gasteiger partial charge in [0.1, 0.15) is 12.4 Å². The van der Waals surface area contributed by atoms with Crippen LogP contribution in [0.5, 0.6) is 0 Å². The number of nitrogens with two attached hydrogens (primary N) is 1. The van der Waals surface area contributed by atoms with Crippen molar-refractivity contribution in [2.24, 2.45) is 0 Å². The van der Waals surface area contributed by atoms with Gasteiger partial charge in [0, 0.05) is 24.5 Å². The first-order valence-corrected chi connectivity index (χ1v) is 6.11. The first kappa shape index (κ1) is 13.1. The topological polar surface area (TPSA) is 90.8 Å². The third-order valence-electron chi connectivity index (χ3n) is 2.73. The van der Waals surface area contributed by atoms with E-state index in [1.165, 1.54) is 0 Å². The Kier molecular flexibility index (Phi) is 3.84. The number of nitrogens with zero attached hydrogens (tertiary/aromatic N) is 4. The minimum absolute atomic E-state index is 0.0879. The van der Waals surface area contributed by atoms with Crippen molar-refractivity contribution in [1.82, 2.24) is 24.9 Å². The van der Waals surface area contributed by atoms with E-state index >= 15 is 0 Å². The molecular formula is C12H18N6O. The van der Waals surface area contributed by atoms with Gasteiger partial charge in [-0.25, -0.2) is 0 Å². The fraction of sp³-hybridized carbons (Fsp3) is 0.417. The van der Waals surface area contributed by atoms with Gasteiger partial charge in [-0.2, -0.15) is 10.2 Å². The summed E-state index contributed by atoms with van der Waals surface area (Å²) in [6, 6.07) is 3.66. The highest BCUT2D eigenvalue weighted by Crippen LogP contribution is 2.03. The number of anilines is 1. The average Bonchev–Trinajstić information content (AvgIpc) is 2.86. The minimum Gasteiger partial charge on any atom is -0.382 e. The molecule has 0 saturated carbocycles. The highest BCUT2D eigenvalue weighted by atomic mass is 16.2. The zero-order valence-electron chi connectivity index (χ0n) is 11.1. The van der Waals surface area contributed by atoms with Crippen molar-refractivity contribution >= 4 is 11.7 Å². The monoisotopic (exact) mass is 262 g/mol. The van der Waals surface area contributed by atoms with Crippen LogP contribution >= 0.6 is 0 Å². The van der Waals surface area contributed by atoms with Crippen LogP contribution in [0.1, 0.15) is 11.4 Å².